The summed E-state index contributed by atoms with van der Waals surface area (Å²) in [7, 11) is -2.72. The standard InChI is InChI=1S/C33H40FN3O5S/c1-4-31(33(39)35-27-10-6-5-7-11-27)36(22-25-9-8-12-29(21-25)42-3)32(38)23-37(28-17-13-24(2)14-18-28)43(40,41)30-19-15-26(34)16-20-30/h8-9,12-21,27,31H,4-7,10-11,22-23H2,1-3H3,(H,35,39)/t31-/m1/s1. The average molecular weight is 610 g/mol. The minimum absolute atomic E-state index is 0.0481. The number of nitrogens with zero attached hydrogens (tertiary/aromatic N) is 2. The molecule has 10 heteroatoms. The Morgan fingerprint density at radius 1 is 1.00 bits per heavy atom. The predicted molar refractivity (Wildman–Crippen MR) is 165 cm³/mol. The Morgan fingerprint density at radius 2 is 1.67 bits per heavy atom. The third-order valence-electron chi connectivity index (χ3n) is 7.83. The second-order valence-electron chi connectivity index (χ2n) is 10.9. The summed E-state index contributed by atoms with van der Waals surface area (Å²) in [6, 6.07) is 17.7. The van der Waals surface area contributed by atoms with Crippen molar-refractivity contribution in [3.63, 3.8) is 0 Å². The molecule has 0 unspecified atom stereocenters. The van der Waals surface area contributed by atoms with Gasteiger partial charge in [0, 0.05) is 12.6 Å². The molecular weight excluding hydrogens is 569 g/mol. The highest BCUT2D eigenvalue weighted by Crippen LogP contribution is 2.26. The summed E-state index contributed by atoms with van der Waals surface area (Å²) in [6.07, 6.45) is 5.35. The van der Waals surface area contributed by atoms with Crippen LogP contribution < -0.4 is 14.4 Å². The van der Waals surface area contributed by atoms with Crippen LogP contribution in [0, 0.1) is 12.7 Å². The van der Waals surface area contributed by atoms with Crippen LogP contribution >= 0.6 is 0 Å². The molecule has 8 nitrogen and oxygen atoms in total. The number of aryl methyl sites for hydroxylation is 1. The fourth-order valence-electron chi connectivity index (χ4n) is 5.40. The molecule has 0 radical (unpaired) electrons. The van der Waals surface area contributed by atoms with Crippen molar-refractivity contribution >= 4 is 27.5 Å². The van der Waals surface area contributed by atoms with E-state index in [-0.39, 0.29) is 29.1 Å². The van der Waals surface area contributed by atoms with E-state index in [0.717, 1.165) is 59.7 Å². The number of methoxy groups -OCH3 is 1. The van der Waals surface area contributed by atoms with E-state index in [1.807, 2.05) is 19.9 Å². The summed E-state index contributed by atoms with van der Waals surface area (Å²) in [4.78, 5) is 29.2. The summed E-state index contributed by atoms with van der Waals surface area (Å²) in [5.41, 5.74) is 1.93. The second-order valence-corrected chi connectivity index (χ2v) is 12.8. The van der Waals surface area contributed by atoms with E-state index >= 15 is 0 Å². The first kappa shape index (κ1) is 32.0. The summed E-state index contributed by atoms with van der Waals surface area (Å²) in [6.45, 7) is 3.23. The molecule has 43 heavy (non-hydrogen) atoms. The fraction of sp³-hybridized carbons (Fsp3) is 0.394. The zero-order valence-corrected chi connectivity index (χ0v) is 25.8. The van der Waals surface area contributed by atoms with Crippen LogP contribution in [-0.2, 0) is 26.2 Å². The van der Waals surface area contributed by atoms with E-state index in [4.69, 9.17) is 4.74 Å². The van der Waals surface area contributed by atoms with Crippen molar-refractivity contribution in [3.8, 4) is 5.75 Å². The zero-order valence-electron chi connectivity index (χ0n) is 25.0. The predicted octanol–water partition coefficient (Wildman–Crippen LogP) is 5.59. The number of halogens is 1. The van der Waals surface area contributed by atoms with Gasteiger partial charge >= 0.3 is 0 Å². The number of carbonyl (C=O) groups is 2. The van der Waals surface area contributed by atoms with Crippen molar-refractivity contribution in [2.45, 2.75) is 75.9 Å². The second kappa shape index (κ2) is 14.5. The highest BCUT2D eigenvalue weighted by atomic mass is 32.2. The molecule has 0 heterocycles. The van der Waals surface area contributed by atoms with Gasteiger partial charge in [0.2, 0.25) is 11.8 Å². The van der Waals surface area contributed by atoms with Crippen molar-refractivity contribution in [3.05, 3.63) is 89.7 Å². The Morgan fingerprint density at radius 3 is 2.30 bits per heavy atom. The first-order valence-electron chi connectivity index (χ1n) is 14.7. The van der Waals surface area contributed by atoms with Crippen LogP contribution in [0.25, 0.3) is 0 Å². The zero-order chi connectivity index (χ0) is 31.0. The first-order chi connectivity index (χ1) is 20.6. The molecule has 0 spiro atoms. The van der Waals surface area contributed by atoms with Gasteiger partial charge < -0.3 is 15.0 Å². The van der Waals surface area contributed by atoms with E-state index in [1.54, 1.807) is 49.6 Å². The summed E-state index contributed by atoms with van der Waals surface area (Å²) in [5.74, 6) is -0.769. The van der Waals surface area contributed by atoms with Crippen LogP contribution in [-0.4, -0.2) is 50.9 Å². The molecular formula is C33H40FN3O5S. The van der Waals surface area contributed by atoms with Crippen LogP contribution in [0.2, 0.25) is 0 Å². The molecule has 230 valence electrons. The van der Waals surface area contributed by atoms with Gasteiger partial charge in [-0.05, 0) is 80.3 Å². The molecule has 1 fully saturated rings. The van der Waals surface area contributed by atoms with Crippen LogP contribution in [0.3, 0.4) is 0 Å². The minimum atomic E-state index is -4.27. The number of amides is 2. The van der Waals surface area contributed by atoms with Gasteiger partial charge in [-0.1, -0.05) is 56.0 Å². The number of carbonyl (C=O) groups excluding carboxylic acids is 2. The average Bonchev–Trinajstić information content (AvgIpc) is 3.01. The molecule has 0 saturated heterocycles. The van der Waals surface area contributed by atoms with Gasteiger partial charge in [0.25, 0.3) is 10.0 Å². The highest BCUT2D eigenvalue weighted by molar-refractivity contribution is 7.92. The van der Waals surface area contributed by atoms with Crippen molar-refractivity contribution in [1.29, 1.82) is 0 Å². The maximum Gasteiger partial charge on any atom is 0.264 e. The van der Waals surface area contributed by atoms with Crippen LogP contribution in [0.4, 0.5) is 10.1 Å². The Balaban J connectivity index is 1.71. The van der Waals surface area contributed by atoms with Gasteiger partial charge in [-0.15, -0.1) is 0 Å². The van der Waals surface area contributed by atoms with Gasteiger partial charge in [0.15, 0.2) is 0 Å². The number of benzene rings is 3. The lowest BCUT2D eigenvalue weighted by atomic mass is 9.95. The van der Waals surface area contributed by atoms with Crippen molar-refractivity contribution in [1.82, 2.24) is 10.2 Å². The molecule has 1 atom stereocenters. The molecule has 4 rings (SSSR count). The molecule has 1 aliphatic carbocycles. The van der Waals surface area contributed by atoms with E-state index in [1.165, 1.54) is 17.0 Å². The number of hydrogen-bond donors (Lipinski definition) is 1. The monoisotopic (exact) mass is 609 g/mol. The third-order valence-corrected chi connectivity index (χ3v) is 9.62. The maximum absolute atomic E-state index is 14.2. The van der Waals surface area contributed by atoms with Crippen LogP contribution in [0.15, 0.2) is 77.7 Å². The quantitative estimate of drug-likeness (QED) is 0.289. The number of hydrogen-bond acceptors (Lipinski definition) is 5. The third kappa shape index (κ3) is 8.13. The topological polar surface area (TPSA) is 96.0 Å². The number of anilines is 1. The number of sulfonamides is 1. The normalized spacial score (nSPS) is 14.5. The fourth-order valence-corrected chi connectivity index (χ4v) is 6.82. The maximum atomic E-state index is 14.2. The van der Waals surface area contributed by atoms with Gasteiger partial charge in [0.1, 0.15) is 24.2 Å². The van der Waals surface area contributed by atoms with Crippen LogP contribution in [0.1, 0.15) is 56.6 Å². The van der Waals surface area contributed by atoms with Crippen molar-refractivity contribution in [2.75, 3.05) is 18.0 Å². The minimum Gasteiger partial charge on any atom is -0.497 e. The van der Waals surface area contributed by atoms with Crippen molar-refractivity contribution < 1.29 is 27.1 Å². The molecule has 0 bridgehead atoms. The Labute approximate surface area is 253 Å². The highest BCUT2D eigenvalue weighted by Gasteiger charge is 2.34. The molecule has 1 aliphatic rings. The van der Waals surface area contributed by atoms with E-state index < -0.39 is 34.3 Å². The van der Waals surface area contributed by atoms with Gasteiger partial charge in [-0.2, -0.15) is 0 Å². The van der Waals surface area contributed by atoms with E-state index in [0.29, 0.717) is 12.2 Å². The Kier molecular flexibility index (Phi) is 10.8. The number of ether oxygens (including phenoxy) is 1. The Hall–Kier alpha value is -3.92. The van der Waals surface area contributed by atoms with E-state index in [9.17, 15) is 22.4 Å². The Bertz CT molecular complexity index is 1490. The number of nitrogens with one attached hydrogen (secondary N) is 1. The first-order valence-corrected chi connectivity index (χ1v) is 16.1. The smallest absolute Gasteiger partial charge is 0.264 e. The summed E-state index contributed by atoms with van der Waals surface area (Å²) < 4.78 is 47.9. The summed E-state index contributed by atoms with van der Waals surface area (Å²) >= 11 is 0. The van der Waals surface area contributed by atoms with Gasteiger partial charge in [-0.3, -0.25) is 13.9 Å². The van der Waals surface area contributed by atoms with Gasteiger partial charge in [-0.25, -0.2) is 12.8 Å². The summed E-state index contributed by atoms with van der Waals surface area (Å²) in [5, 5.41) is 3.14. The molecule has 3 aromatic carbocycles. The largest absolute Gasteiger partial charge is 0.497 e. The lowest BCUT2D eigenvalue weighted by Gasteiger charge is -2.34. The van der Waals surface area contributed by atoms with E-state index in [2.05, 4.69) is 5.32 Å². The van der Waals surface area contributed by atoms with Crippen molar-refractivity contribution in [2.24, 2.45) is 0 Å². The number of rotatable bonds is 12. The lowest BCUT2D eigenvalue weighted by Crippen LogP contribution is -2.54. The van der Waals surface area contributed by atoms with Crippen LogP contribution in [0.5, 0.6) is 5.75 Å². The molecule has 2 amide bonds. The molecule has 0 aromatic heterocycles. The molecule has 1 N–H and O–H groups in total. The van der Waals surface area contributed by atoms with Gasteiger partial charge in [0.05, 0.1) is 17.7 Å². The SMILES string of the molecule is CC[C@H](C(=O)NC1CCCCC1)N(Cc1cccc(OC)c1)C(=O)CN(c1ccc(C)cc1)S(=O)(=O)c1ccc(F)cc1. The lowest BCUT2D eigenvalue weighted by molar-refractivity contribution is -0.140. The molecule has 3 aromatic rings. The molecule has 1 saturated carbocycles. The molecule has 0 aliphatic heterocycles.